The van der Waals surface area contributed by atoms with Crippen LogP contribution in [0.1, 0.15) is 125 Å². The fourth-order valence-electron chi connectivity index (χ4n) is 3.64. The van der Waals surface area contributed by atoms with Crippen molar-refractivity contribution in [3.8, 4) is 0 Å². The Morgan fingerprint density at radius 3 is 1.94 bits per heavy atom. The van der Waals surface area contributed by atoms with E-state index in [-0.39, 0.29) is 38.1 Å². The number of nitrogens with two attached hydrogens (primary N) is 1. The number of hydrogen-bond acceptors (Lipinski definition) is 9. The minimum atomic E-state index is -0.593. The van der Waals surface area contributed by atoms with Gasteiger partial charge in [-0.15, -0.1) is 0 Å². The molecule has 14 nitrogen and oxygen atoms in total. The summed E-state index contributed by atoms with van der Waals surface area (Å²) in [5.74, 6) is -0.617. The number of nitrogens with zero attached hydrogens (tertiary/aromatic N) is 1. The highest BCUT2D eigenvalue weighted by Crippen LogP contribution is 2.12. The smallest absolute Gasteiger partial charge is 0.409 e. The summed E-state index contributed by atoms with van der Waals surface area (Å²) in [7, 11) is 3.24. The van der Waals surface area contributed by atoms with E-state index in [1.165, 1.54) is 43.9 Å². The van der Waals surface area contributed by atoms with Crippen LogP contribution in [-0.4, -0.2) is 87.5 Å². The average molecular weight is 741 g/mol. The van der Waals surface area contributed by atoms with Gasteiger partial charge in [-0.3, -0.25) is 14.4 Å². The number of urea groups is 1. The lowest BCUT2D eigenvalue weighted by Gasteiger charge is -2.17. The molecule has 1 aromatic carbocycles. The van der Waals surface area contributed by atoms with Crippen LogP contribution in [0, 0.1) is 0 Å². The van der Waals surface area contributed by atoms with E-state index in [4.69, 9.17) is 15.2 Å². The summed E-state index contributed by atoms with van der Waals surface area (Å²) in [4.78, 5) is 67.9. The molecule has 5 amide bonds. The molecule has 0 aromatic heterocycles. The second kappa shape index (κ2) is 41.2. The molecule has 0 saturated heterocycles. The quantitative estimate of drug-likeness (QED) is 0.0577. The van der Waals surface area contributed by atoms with Crippen molar-refractivity contribution >= 4 is 41.9 Å². The highest BCUT2D eigenvalue weighted by Gasteiger charge is 2.16. The Labute approximate surface area is 314 Å². The van der Waals surface area contributed by atoms with Gasteiger partial charge in [0, 0.05) is 32.6 Å². The molecule has 0 aliphatic heterocycles. The molecule has 0 saturated carbocycles. The van der Waals surface area contributed by atoms with E-state index in [0.29, 0.717) is 37.8 Å². The van der Waals surface area contributed by atoms with E-state index in [1.54, 1.807) is 38.4 Å². The summed E-state index contributed by atoms with van der Waals surface area (Å²) in [6, 6.07) is 5.90. The number of unbranched alkanes of at least 4 members (excludes halogenated alkanes) is 4. The molecule has 0 bridgehead atoms. The van der Waals surface area contributed by atoms with Crippen LogP contribution in [0.25, 0.3) is 0 Å². The van der Waals surface area contributed by atoms with E-state index in [1.807, 2.05) is 13.8 Å². The molecule has 1 rings (SSSR count). The molecule has 52 heavy (non-hydrogen) atoms. The largest absolute Gasteiger partial charge is 0.464 e. The van der Waals surface area contributed by atoms with Crippen molar-refractivity contribution < 1.29 is 38.2 Å². The van der Waals surface area contributed by atoms with E-state index >= 15 is 0 Å². The Bertz CT molecular complexity index is 1040. The first kappa shape index (κ1) is 54.6. The predicted octanol–water partition coefficient (Wildman–Crippen LogP) is 6.31. The topological polar surface area (TPSA) is 198 Å². The average Bonchev–Trinajstić information content (AvgIpc) is 3.11. The van der Waals surface area contributed by atoms with Crippen molar-refractivity contribution in [2.24, 2.45) is 5.73 Å². The van der Waals surface area contributed by atoms with Gasteiger partial charge in [0.2, 0.25) is 11.8 Å². The Morgan fingerprint density at radius 2 is 1.44 bits per heavy atom. The van der Waals surface area contributed by atoms with Gasteiger partial charge in [0.15, 0.2) is 0 Å². The lowest BCUT2D eigenvalue weighted by molar-refractivity contribution is -0.141. The van der Waals surface area contributed by atoms with E-state index < -0.39 is 24.1 Å². The SMILES string of the molecule is CC.CCC.CCC.CCCCCCCC(=O)NCC=O.CNC(CCCNC(N)=O)C(=O)Nc1ccc(COC(=O)N(C)CCOC(C)=O)cc1. The van der Waals surface area contributed by atoms with Crippen LogP contribution >= 0.6 is 0 Å². The molecule has 0 aliphatic carbocycles. The summed E-state index contributed by atoms with van der Waals surface area (Å²) >= 11 is 0. The van der Waals surface area contributed by atoms with Crippen LogP contribution in [0.3, 0.4) is 0 Å². The summed E-state index contributed by atoms with van der Waals surface area (Å²) in [6.07, 6.45) is 10.1. The Hall–Kier alpha value is -4.20. The first-order valence-electron chi connectivity index (χ1n) is 18.7. The number of anilines is 1. The number of nitrogens with one attached hydrogen (secondary N) is 4. The second-order valence-electron chi connectivity index (χ2n) is 11.3. The fraction of sp³-hybridized carbons (Fsp3) is 0.684. The van der Waals surface area contributed by atoms with Gasteiger partial charge in [-0.2, -0.15) is 0 Å². The predicted molar refractivity (Wildman–Crippen MR) is 210 cm³/mol. The normalized spacial score (nSPS) is 9.88. The van der Waals surface area contributed by atoms with Gasteiger partial charge < -0.3 is 46.2 Å². The zero-order valence-corrected chi connectivity index (χ0v) is 33.9. The minimum absolute atomic E-state index is 0.0106. The van der Waals surface area contributed by atoms with Crippen molar-refractivity contribution in [3.63, 3.8) is 0 Å². The Balaban J connectivity index is -0.000000453. The number of primary amides is 1. The van der Waals surface area contributed by atoms with Crippen molar-refractivity contribution in [2.75, 3.05) is 45.7 Å². The zero-order valence-electron chi connectivity index (χ0n) is 33.9. The molecular formula is C38H72N6O8. The molecule has 302 valence electrons. The fourth-order valence-corrected chi connectivity index (χ4v) is 3.64. The van der Waals surface area contributed by atoms with Crippen LogP contribution in [0.4, 0.5) is 15.3 Å². The third kappa shape index (κ3) is 38.6. The molecule has 14 heteroatoms. The number of hydrogen-bond donors (Lipinski definition) is 5. The minimum Gasteiger partial charge on any atom is -0.464 e. The number of amides is 5. The summed E-state index contributed by atoms with van der Waals surface area (Å²) in [6.45, 7) is 16.9. The summed E-state index contributed by atoms with van der Waals surface area (Å²) < 4.78 is 9.99. The molecule has 1 atom stereocenters. The standard InChI is InChI=1S/C20H31N5O6.C10H19NO2.2C3H8.C2H6/c1-14(26)30-12-11-25(3)20(29)31-13-15-6-8-16(9-7-15)24-18(27)17(22-2)5-4-10-23-19(21)28;1-2-3-4-5-6-7-10(13)11-8-9-12;2*1-3-2;1-2/h6-9,17,22H,4-5,10-13H2,1-3H3,(H,24,27)(H3,21,23,28);9H,2-8H2,1H3,(H,11,13);2*3H2,1-2H3;1-2H3. The number of aldehydes is 1. The second-order valence-corrected chi connectivity index (χ2v) is 11.3. The van der Waals surface area contributed by atoms with Gasteiger partial charge in [-0.05, 0) is 44.0 Å². The van der Waals surface area contributed by atoms with Crippen molar-refractivity contribution in [3.05, 3.63) is 29.8 Å². The first-order valence-corrected chi connectivity index (χ1v) is 18.7. The van der Waals surface area contributed by atoms with Gasteiger partial charge in [-0.1, -0.05) is 99.1 Å². The van der Waals surface area contributed by atoms with E-state index in [0.717, 1.165) is 18.4 Å². The lowest BCUT2D eigenvalue weighted by Crippen LogP contribution is -2.39. The van der Waals surface area contributed by atoms with Gasteiger partial charge in [0.05, 0.1) is 19.1 Å². The maximum atomic E-state index is 12.4. The van der Waals surface area contributed by atoms with Crippen molar-refractivity contribution in [1.82, 2.24) is 20.9 Å². The third-order valence-electron chi connectivity index (χ3n) is 6.15. The van der Waals surface area contributed by atoms with Crippen molar-refractivity contribution in [1.29, 1.82) is 0 Å². The van der Waals surface area contributed by atoms with E-state index in [2.05, 4.69) is 55.9 Å². The molecule has 1 aromatic rings. The molecule has 1 unspecified atom stereocenters. The number of esters is 1. The van der Waals surface area contributed by atoms with Gasteiger partial charge in [0.25, 0.3) is 0 Å². The molecular weight excluding hydrogens is 668 g/mol. The van der Waals surface area contributed by atoms with Gasteiger partial charge in [-0.25, -0.2) is 9.59 Å². The van der Waals surface area contributed by atoms with Crippen LogP contribution in [0.2, 0.25) is 0 Å². The number of carbonyl (C=O) groups is 6. The highest BCUT2D eigenvalue weighted by molar-refractivity contribution is 5.94. The number of ether oxygens (including phenoxy) is 2. The van der Waals surface area contributed by atoms with Crippen LogP contribution in [0.15, 0.2) is 24.3 Å². The van der Waals surface area contributed by atoms with Crippen LogP contribution < -0.4 is 27.0 Å². The monoisotopic (exact) mass is 741 g/mol. The molecule has 0 aliphatic rings. The lowest BCUT2D eigenvalue weighted by atomic mass is 10.1. The highest BCUT2D eigenvalue weighted by atomic mass is 16.6. The maximum absolute atomic E-state index is 12.4. The first-order chi connectivity index (χ1) is 24.9. The zero-order chi connectivity index (χ0) is 40.6. The number of carbonyl (C=O) groups excluding carboxylic acids is 6. The van der Waals surface area contributed by atoms with Crippen LogP contribution in [0.5, 0.6) is 0 Å². The third-order valence-corrected chi connectivity index (χ3v) is 6.15. The van der Waals surface area contributed by atoms with E-state index in [9.17, 15) is 28.8 Å². The van der Waals surface area contributed by atoms with Gasteiger partial charge in [0.1, 0.15) is 19.5 Å². The summed E-state index contributed by atoms with van der Waals surface area (Å²) in [5, 5.41) is 10.8. The number of benzene rings is 1. The van der Waals surface area contributed by atoms with Gasteiger partial charge >= 0.3 is 18.1 Å². The molecule has 6 N–H and O–H groups in total. The van der Waals surface area contributed by atoms with Crippen LogP contribution in [-0.2, 0) is 35.3 Å². The number of likely N-dealkylation sites (N-methyl/N-ethyl adjacent to an activating group) is 2. The Morgan fingerprint density at radius 1 is 0.865 bits per heavy atom. The Kier molecular flexibility index (Phi) is 43.3. The molecule has 0 spiro atoms. The van der Waals surface area contributed by atoms with Crippen molar-refractivity contribution in [2.45, 2.75) is 132 Å². The molecule has 0 heterocycles. The number of rotatable bonds is 20. The maximum Gasteiger partial charge on any atom is 0.409 e. The molecule has 0 fully saturated rings. The molecule has 0 radical (unpaired) electrons. The summed E-state index contributed by atoms with van der Waals surface area (Å²) in [5.41, 5.74) is 6.36.